The van der Waals surface area contributed by atoms with E-state index in [1.165, 1.54) is 12.8 Å². The monoisotopic (exact) mass is 392 g/mol. The third-order valence-corrected chi connectivity index (χ3v) is 8.47. The molecule has 1 amide bonds. The van der Waals surface area contributed by atoms with E-state index in [-0.39, 0.29) is 17.9 Å². The lowest BCUT2D eigenvalue weighted by Crippen LogP contribution is -2.46. The number of amides is 1. The molecule has 1 saturated carbocycles. The molecule has 1 unspecified atom stereocenters. The van der Waals surface area contributed by atoms with Crippen molar-refractivity contribution >= 4 is 15.9 Å². The first-order chi connectivity index (χ1) is 12.6. The molecule has 0 N–H and O–H groups in total. The van der Waals surface area contributed by atoms with E-state index in [1.807, 2.05) is 44.9 Å². The molecule has 2 fully saturated rings. The first-order valence-corrected chi connectivity index (χ1v) is 11.4. The van der Waals surface area contributed by atoms with Gasteiger partial charge < -0.3 is 4.90 Å². The van der Waals surface area contributed by atoms with Crippen molar-refractivity contribution in [2.24, 2.45) is 11.8 Å². The van der Waals surface area contributed by atoms with Crippen molar-refractivity contribution in [3.05, 3.63) is 28.8 Å². The number of hydrogen-bond acceptors (Lipinski definition) is 3. The van der Waals surface area contributed by atoms with Crippen LogP contribution in [0.25, 0.3) is 0 Å². The summed E-state index contributed by atoms with van der Waals surface area (Å²) in [7, 11) is -1.62. The van der Waals surface area contributed by atoms with Gasteiger partial charge in [-0.05, 0) is 70.4 Å². The summed E-state index contributed by atoms with van der Waals surface area (Å²) in [6, 6.07) is 4.13. The Morgan fingerprint density at radius 3 is 2.07 bits per heavy atom. The summed E-state index contributed by atoms with van der Waals surface area (Å²) in [6.45, 7) is 8.65. The highest BCUT2D eigenvalue weighted by Gasteiger charge is 2.38. The summed E-state index contributed by atoms with van der Waals surface area (Å²) >= 11 is 0. The summed E-state index contributed by atoms with van der Waals surface area (Å²) < 4.78 is 27.9. The third kappa shape index (κ3) is 4.06. The molecule has 0 bridgehead atoms. The van der Waals surface area contributed by atoms with Gasteiger partial charge in [-0.3, -0.25) is 4.79 Å². The summed E-state index contributed by atoms with van der Waals surface area (Å²) in [5.74, 6) is 0.754. The number of nitrogens with zero attached hydrogens (tertiary/aromatic N) is 2. The summed E-state index contributed by atoms with van der Waals surface area (Å²) in [6.07, 6.45) is 3.63. The topological polar surface area (TPSA) is 57.7 Å². The van der Waals surface area contributed by atoms with Crippen LogP contribution in [0.4, 0.5) is 0 Å². The maximum Gasteiger partial charge on any atom is 0.243 e. The quantitative estimate of drug-likeness (QED) is 0.773. The lowest BCUT2D eigenvalue weighted by atomic mass is 9.96. The van der Waals surface area contributed by atoms with Gasteiger partial charge >= 0.3 is 0 Å². The van der Waals surface area contributed by atoms with E-state index < -0.39 is 10.0 Å². The molecule has 27 heavy (non-hydrogen) atoms. The van der Waals surface area contributed by atoms with Crippen molar-refractivity contribution in [1.82, 2.24) is 9.21 Å². The molecule has 0 radical (unpaired) electrons. The Bertz CT molecular complexity index is 799. The number of benzene rings is 1. The fourth-order valence-corrected chi connectivity index (χ4v) is 6.31. The highest BCUT2D eigenvalue weighted by molar-refractivity contribution is 7.89. The minimum absolute atomic E-state index is 0.0668. The van der Waals surface area contributed by atoms with E-state index in [9.17, 15) is 13.2 Å². The fraction of sp³-hybridized carbons (Fsp3) is 0.667. The van der Waals surface area contributed by atoms with E-state index in [4.69, 9.17) is 0 Å². The van der Waals surface area contributed by atoms with Gasteiger partial charge in [0, 0.05) is 32.1 Å². The van der Waals surface area contributed by atoms with Crippen molar-refractivity contribution in [2.75, 3.05) is 20.1 Å². The predicted molar refractivity (Wildman–Crippen MR) is 107 cm³/mol. The van der Waals surface area contributed by atoms with Crippen LogP contribution < -0.4 is 0 Å². The van der Waals surface area contributed by atoms with Crippen molar-refractivity contribution < 1.29 is 13.2 Å². The zero-order valence-electron chi connectivity index (χ0n) is 17.2. The van der Waals surface area contributed by atoms with E-state index in [1.54, 1.807) is 4.31 Å². The van der Waals surface area contributed by atoms with Crippen LogP contribution in [0.3, 0.4) is 0 Å². The molecule has 1 aromatic rings. The SMILES string of the molecule is Cc1cc(C)c(S(=O)(=O)N2CCC(C(=O)N(C)C(C)C3CC3)CC2)c(C)c1. The maximum absolute atomic E-state index is 13.2. The smallest absolute Gasteiger partial charge is 0.243 e. The van der Waals surface area contributed by atoms with Gasteiger partial charge in [-0.25, -0.2) is 8.42 Å². The van der Waals surface area contributed by atoms with Crippen LogP contribution in [0, 0.1) is 32.6 Å². The molecule has 1 atom stereocenters. The van der Waals surface area contributed by atoms with Crippen LogP contribution in [0.1, 0.15) is 49.3 Å². The average Bonchev–Trinajstić information content (AvgIpc) is 3.44. The first kappa shape index (κ1) is 20.3. The Morgan fingerprint density at radius 2 is 1.59 bits per heavy atom. The Kier molecular flexibility index (Phi) is 5.69. The molecule has 150 valence electrons. The van der Waals surface area contributed by atoms with Gasteiger partial charge in [-0.2, -0.15) is 4.31 Å². The molecular formula is C21H32N2O3S. The lowest BCUT2D eigenvalue weighted by Gasteiger charge is -2.35. The Morgan fingerprint density at radius 1 is 1.07 bits per heavy atom. The van der Waals surface area contributed by atoms with Crippen molar-refractivity contribution in [3.63, 3.8) is 0 Å². The second-order valence-corrected chi connectivity index (χ2v) is 10.3. The number of carbonyl (C=O) groups is 1. The van der Waals surface area contributed by atoms with Gasteiger partial charge in [0.1, 0.15) is 0 Å². The largest absolute Gasteiger partial charge is 0.343 e. The number of carbonyl (C=O) groups excluding carboxylic acids is 1. The van der Waals surface area contributed by atoms with Crippen LogP contribution in [0.15, 0.2) is 17.0 Å². The molecule has 3 rings (SSSR count). The molecule has 6 heteroatoms. The Balaban J connectivity index is 1.69. The van der Waals surface area contributed by atoms with Crippen LogP contribution in [0.2, 0.25) is 0 Å². The van der Waals surface area contributed by atoms with Gasteiger partial charge in [0.15, 0.2) is 0 Å². The predicted octanol–water partition coefficient (Wildman–Crippen LogP) is 3.27. The number of rotatable bonds is 5. The number of hydrogen-bond donors (Lipinski definition) is 0. The number of piperidine rings is 1. The Hall–Kier alpha value is -1.40. The minimum atomic E-state index is -3.52. The van der Waals surface area contributed by atoms with Crippen LogP contribution in [-0.4, -0.2) is 49.7 Å². The first-order valence-electron chi connectivity index (χ1n) is 9.97. The molecule has 2 aliphatic rings. The van der Waals surface area contributed by atoms with E-state index >= 15 is 0 Å². The molecule has 1 aliphatic carbocycles. The standard InChI is InChI=1S/C21H32N2O3S/c1-14-12-15(2)20(16(3)13-14)27(25,26)23-10-8-19(9-11-23)21(24)22(5)17(4)18-6-7-18/h12-13,17-19H,6-11H2,1-5H3. The molecule has 1 saturated heterocycles. The highest BCUT2D eigenvalue weighted by atomic mass is 32.2. The minimum Gasteiger partial charge on any atom is -0.343 e. The summed E-state index contributed by atoms with van der Waals surface area (Å²) in [5, 5.41) is 0. The molecular weight excluding hydrogens is 360 g/mol. The van der Waals surface area contributed by atoms with E-state index in [0.717, 1.165) is 16.7 Å². The highest BCUT2D eigenvalue weighted by Crippen LogP contribution is 2.36. The van der Waals surface area contributed by atoms with Crippen LogP contribution >= 0.6 is 0 Å². The Labute approximate surface area is 163 Å². The maximum atomic E-state index is 13.2. The lowest BCUT2D eigenvalue weighted by molar-refractivity contribution is -0.137. The number of sulfonamides is 1. The molecule has 5 nitrogen and oxygen atoms in total. The molecule has 1 aliphatic heterocycles. The van der Waals surface area contributed by atoms with Crippen molar-refractivity contribution in [2.45, 2.75) is 64.3 Å². The van der Waals surface area contributed by atoms with Gasteiger partial charge in [-0.15, -0.1) is 0 Å². The van der Waals surface area contributed by atoms with Crippen molar-refractivity contribution in [3.8, 4) is 0 Å². The number of aryl methyl sites for hydroxylation is 3. The fourth-order valence-electron chi connectivity index (χ4n) is 4.43. The summed E-state index contributed by atoms with van der Waals surface area (Å²) in [4.78, 5) is 15.1. The summed E-state index contributed by atoms with van der Waals surface area (Å²) in [5.41, 5.74) is 2.66. The second-order valence-electron chi connectivity index (χ2n) is 8.43. The van der Waals surface area contributed by atoms with Crippen LogP contribution in [0.5, 0.6) is 0 Å². The van der Waals surface area contributed by atoms with Gasteiger partial charge in [-0.1, -0.05) is 17.7 Å². The third-order valence-electron chi connectivity index (χ3n) is 6.27. The van der Waals surface area contributed by atoms with Gasteiger partial charge in [0.05, 0.1) is 4.90 Å². The zero-order valence-corrected chi connectivity index (χ0v) is 18.0. The average molecular weight is 393 g/mol. The molecule has 1 heterocycles. The van der Waals surface area contributed by atoms with Gasteiger partial charge in [0.2, 0.25) is 15.9 Å². The van der Waals surface area contributed by atoms with E-state index in [2.05, 4.69) is 6.92 Å². The normalized spacial score (nSPS) is 20.5. The molecule has 0 aromatic heterocycles. The zero-order chi connectivity index (χ0) is 19.9. The van der Waals surface area contributed by atoms with E-state index in [0.29, 0.717) is 36.7 Å². The van der Waals surface area contributed by atoms with Crippen LogP contribution in [-0.2, 0) is 14.8 Å². The molecule has 1 aromatic carbocycles. The molecule has 0 spiro atoms. The second kappa shape index (κ2) is 7.55. The van der Waals surface area contributed by atoms with Crippen molar-refractivity contribution in [1.29, 1.82) is 0 Å². The van der Waals surface area contributed by atoms with Gasteiger partial charge in [0.25, 0.3) is 0 Å².